The Balaban J connectivity index is 1.63. The number of hydrogen-bond acceptors (Lipinski definition) is 7. The van der Waals surface area contributed by atoms with E-state index in [-0.39, 0.29) is 24.2 Å². The van der Waals surface area contributed by atoms with Gasteiger partial charge in [-0.15, -0.1) is 11.3 Å². The van der Waals surface area contributed by atoms with E-state index in [2.05, 4.69) is 10.0 Å². The molecule has 1 aromatic carbocycles. The molecule has 1 N–H and O–H groups in total. The van der Waals surface area contributed by atoms with Crippen LogP contribution in [0.4, 0.5) is 0 Å². The van der Waals surface area contributed by atoms with E-state index in [9.17, 15) is 9.90 Å². The van der Waals surface area contributed by atoms with Crippen molar-refractivity contribution < 1.29 is 19.4 Å². The lowest BCUT2D eigenvalue weighted by Gasteiger charge is -2.29. The average molecular weight is 401 g/mol. The molecule has 0 bridgehead atoms. The Labute approximate surface area is 167 Å². The molecule has 2 aromatic rings. The maximum atomic E-state index is 13.1. The molecular formula is C20H23N3O4S. The number of carbonyl (C=O) groups is 1. The Hall–Kier alpha value is -2.42. The van der Waals surface area contributed by atoms with Crippen LogP contribution in [0.25, 0.3) is 0 Å². The zero-order valence-electron chi connectivity index (χ0n) is 15.7. The van der Waals surface area contributed by atoms with Gasteiger partial charge in [-0.3, -0.25) is 9.69 Å². The Morgan fingerprint density at radius 3 is 2.86 bits per heavy atom. The molecule has 0 saturated carbocycles. The minimum absolute atomic E-state index is 0.0572. The van der Waals surface area contributed by atoms with Crippen LogP contribution in [0.3, 0.4) is 0 Å². The molecule has 1 aromatic heterocycles. The lowest BCUT2D eigenvalue weighted by Crippen LogP contribution is -2.43. The Morgan fingerprint density at radius 1 is 1.32 bits per heavy atom. The zero-order chi connectivity index (χ0) is 19.5. The number of morpholine rings is 1. The van der Waals surface area contributed by atoms with Crippen molar-refractivity contribution in [3.8, 4) is 11.5 Å². The van der Waals surface area contributed by atoms with Crippen LogP contribution in [0, 0.1) is 0 Å². The fourth-order valence-corrected chi connectivity index (χ4v) is 4.29. The van der Waals surface area contributed by atoms with Gasteiger partial charge in [0, 0.05) is 25.1 Å². The summed E-state index contributed by atoms with van der Waals surface area (Å²) >= 11 is 1.60. The van der Waals surface area contributed by atoms with Crippen LogP contribution in [0.15, 0.2) is 40.8 Å². The van der Waals surface area contributed by atoms with Crippen LogP contribution in [-0.2, 0) is 9.53 Å². The summed E-state index contributed by atoms with van der Waals surface area (Å²) in [4.78, 5) is 16.2. The summed E-state index contributed by atoms with van der Waals surface area (Å²) in [5.41, 5.74) is 1.50. The van der Waals surface area contributed by atoms with Crippen molar-refractivity contribution in [2.24, 2.45) is 5.10 Å². The number of thiophene rings is 1. The van der Waals surface area contributed by atoms with Gasteiger partial charge in [-0.05, 0) is 17.5 Å². The number of methoxy groups -OCH3 is 1. The van der Waals surface area contributed by atoms with Gasteiger partial charge in [0.25, 0.3) is 5.91 Å². The maximum Gasteiger partial charge on any atom is 0.257 e. The SMILES string of the molecule is COc1cccc([C@H]2CC(c3cccs3)=NN2C(=O)CN2CCOCC2)c1O. The van der Waals surface area contributed by atoms with Crippen LogP contribution < -0.4 is 4.74 Å². The molecule has 0 radical (unpaired) electrons. The minimum atomic E-state index is -0.360. The first-order valence-electron chi connectivity index (χ1n) is 9.26. The van der Waals surface area contributed by atoms with E-state index in [4.69, 9.17) is 9.47 Å². The fourth-order valence-electron chi connectivity index (χ4n) is 3.57. The molecule has 4 rings (SSSR count). The van der Waals surface area contributed by atoms with Gasteiger partial charge in [0.2, 0.25) is 0 Å². The van der Waals surface area contributed by atoms with Crippen molar-refractivity contribution in [1.29, 1.82) is 0 Å². The standard InChI is InChI=1S/C20H23N3O4S/c1-26-17-5-2-4-14(20(17)25)16-12-15(18-6-3-11-28-18)21-23(16)19(24)13-22-7-9-27-10-8-22/h2-6,11,16,25H,7-10,12-13H2,1H3/t16-/m1/s1. The number of phenolic OH excluding ortho intramolecular Hbond substituents is 1. The van der Waals surface area contributed by atoms with E-state index < -0.39 is 0 Å². The normalized spacial score (nSPS) is 20.2. The monoisotopic (exact) mass is 401 g/mol. The molecule has 0 aliphatic carbocycles. The smallest absolute Gasteiger partial charge is 0.257 e. The fraction of sp³-hybridized carbons (Fsp3) is 0.400. The van der Waals surface area contributed by atoms with Gasteiger partial charge < -0.3 is 14.6 Å². The molecule has 2 aliphatic heterocycles. The van der Waals surface area contributed by atoms with Gasteiger partial charge in [-0.2, -0.15) is 5.10 Å². The molecule has 7 nitrogen and oxygen atoms in total. The lowest BCUT2D eigenvalue weighted by molar-refractivity contribution is -0.135. The molecule has 148 valence electrons. The summed E-state index contributed by atoms with van der Waals surface area (Å²) < 4.78 is 10.6. The van der Waals surface area contributed by atoms with Gasteiger partial charge in [0.15, 0.2) is 11.5 Å². The summed E-state index contributed by atoms with van der Waals surface area (Å²) in [6.07, 6.45) is 0.552. The van der Waals surface area contributed by atoms with Gasteiger partial charge in [0.1, 0.15) is 0 Å². The number of phenols is 1. The third kappa shape index (κ3) is 3.76. The minimum Gasteiger partial charge on any atom is -0.504 e. The third-order valence-electron chi connectivity index (χ3n) is 5.04. The second-order valence-electron chi connectivity index (χ2n) is 6.77. The highest BCUT2D eigenvalue weighted by Crippen LogP contribution is 2.41. The molecule has 1 amide bonds. The number of carbonyl (C=O) groups excluding carboxylic acids is 1. The summed E-state index contributed by atoms with van der Waals surface area (Å²) in [5.74, 6) is 0.366. The summed E-state index contributed by atoms with van der Waals surface area (Å²) in [5, 5.41) is 18.8. The zero-order valence-corrected chi connectivity index (χ0v) is 16.5. The molecular weight excluding hydrogens is 378 g/mol. The van der Waals surface area contributed by atoms with Crippen LogP contribution >= 0.6 is 11.3 Å². The lowest BCUT2D eigenvalue weighted by atomic mass is 9.99. The van der Waals surface area contributed by atoms with Crippen molar-refractivity contribution >= 4 is 23.0 Å². The molecule has 1 fully saturated rings. The number of hydrogen-bond donors (Lipinski definition) is 1. The van der Waals surface area contributed by atoms with Crippen LogP contribution in [0.2, 0.25) is 0 Å². The Morgan fingerprint density at radius 2 is 2.14 bits per heavy atom. The second kappa shape index (κ2) is 8.30. The number of amides is 1. The van der Waals surface area contributed by atoms with Crippen molar-refractivity contribution in [2.45, 2.75) is 12.5 Å². The van der Waals surface area contributed by atoms with Crippen LogP contribution in [-0.4, -0.2) is 66.6 Å². The molecule has 2 aliphatic rings. The Bertz CT molecular complexity index is 862. The first-order chi connectivity index (χ1) is 13.7. The first-order valence-corrected chi connectivity index (χ1v) is 10.1. The van der Waals surface area contributed by atoms with E-state index in [1.165, 1.54) is 12.1 Å². The van der Waals surface area contributed by atoms with Crippen LogP contribution in [0.5, 0.6) is 11.5 Å². The molecule has 8 heteroatoms. The number of aromatic hydroxyl groups is 1. The van der Waals surface area contributed by atoms with Crippen molar-refractivity contribution in [3.63, 3.8) is 0 Å². The molecule has 3 heterocycles. The van der Waals surface area contributed by atoms with Crippen molar-refractivity contribution in [1.82, 2.24) is 9.91 Å². The quantitative estimate of drug-likeness (QED) is 0.833. The predicted octanol–water partition coefficient (Wildman–Crippen LogP) is 2.47. The van der Waals surface area contributed by atoms with Gasteiger partial charge >= 0.3 is 0 Å². The van der Waals surface area contributed by atoms with Crippen molar-refractivity contribution in [2.75, 3.05) is 40.0 Å². The summed E-state index contributed by atoms with van der Waals surface area (Å²) in [7, 11) is 1.52. The molecule has 28 heavy (non-hydrogen) atoms. The third-order valence-corrected chi connectivity index (χ3v) is 5.96. The number of rotatable bonds is 5. The summed E-state index contributed by atoms with van der Waals surface area (Å²) in [6, 6.07) is 8.96. The number of benzene rings is 1. The van der Waals surface area contributed by atoms with E-state index in [1.54, 1.807) is 17.4 Å². The topological polar surface area (TPSA) is 74.6 Å². The highest BCUT2D eigenvalue weighted by molar-refractivity contribution is 7.12. The number of nitrogens with zero attached hydrogens (tertiary/aromatic N) is 3. The van der Waals surface area contributed by atoms with E-state index >= 15 is 0 Å². The average Bonchev–Trinajstić information content (AvgIpc) is 3.39. The maximum absolute atomic E-state index is 13.1. The van der Waals surface area contributed by atoms with Crippen molar-refractivity contribution in [3.05, 3.63) is 46.2 Å². The number of para-hydroxylation sites is 1. The highest BCUT2D eigenvalue weighted by Gasteiger charge is 2.36. The largest absolute Gasteiger partial charge is 0.504 e. The highest BCUT2D eigenvalue weighted by atomic mass is 32.1. The van der Waals surface area contributed by atoms with E-state index in [0.29, 0.717) is 30.9 Å². The van der Waals surface area contributed by atoms with Gasteiger partial charge in [-0.25, -0.2) is 5.01 Å². The second-order valence-corrected chi connectivity index (χ2v) is 7.72. The predicted molar refractivity (Wildman–Crippen MR) is 107 cm³/mol. The number of ether oxygens (including phenoxy) is 2. The molecule has 1 saturated heterocycles. The van der Waals surface area contributed by atoms with Crippen LogP contribution in [0.1, 0.15) is 22.9 Å². The molecule has 0 spiro atoms. The van der Waals surface area contributed by atoms with E-state index in [1.807, 2.05) is 29.6 Å². The van der Waals surface area contributed by atoms with E-state index in [0.717, 1.165) is 23.7 Å². The first kappa shape index (κ1) is 18.9. The summed E-state index contributed by atoms with van der Waals surface area (Å²) in [6.45, 7) is 3.02. The number of hydrazone groups is 1. The molecule has 1 atom stereocenters. The molecule has 0 unspecified atom stereocenters. The van der Waals surface area contributed by atoms with Gasteiger partial charge in [0.05, 0.1) is 43.5 Å². The Kier molecular flexibility index (Phi) is 5.61. The van der Waals surface area contributed by atoms with Gasteiger partial charge in [-0.1, -0.05) is 18.2 Å².